The Morgan fingerprint density at radius 1 is 1.25 bits per heavy atom. The van der Waals surface area contributed by atoms with Crippen LogP contribution in [0.25, 0.3) is 0 Å². The summed E-state index contributed by atoms with van der Waals surface area (Å²) in [7, 11) is 0. The van der Waals surface area contributed by atoms with Crippen LogP contribution in [0, 0.1) is 0 Å². The molecular weight excluding hydrogens is 268 g/mol. The Kier molecular flexibility index (Phi) is 3.24. The van der Waals surface area contributed by atoms with E-state index in [-0.39, 0.29) is 0 Å². The van der Waals surface area contributed by atoms with Crippen LogP contribution in [0.15, 0.2) is 23.7 Å². The number of nitrogens with zero attached hydrogens (tertiary/aromatic N) is 3. The first kappa shape index (κ1) is 12.4. The Hall–Kier alpha value is -1.33. The van der Waals surface area contributed by atoms with Gasteiger partial charge in [0.2, 0.25) is 5.95 Å². The van der Waals surface area contributed by atoms with Gasteiger partial charge in [0.15, 0.2) is 0 Å². The Morgan fingerprint density at radius 2 is 2.15 bits per heavy atom. The van der Waals surface area contributed by atoms with Gasteiger partial charge in [-0.3, -0.25) is 0 Å². The van der Waals surface area contributed by atoms with Crippen molar-refractivity contribution in [1.29, 1.82) is 0 Å². The van der Waals surface area contributed by atoms with Crippen molar-refractivity contribution < 1.29 is 0 Å². The third-order valence-corrected chi connectivity index (χ3v) is 5.36. The lowest BCUT2D eigenvalue weighted by Crippen LogP contribution is -2.38. The molecule has 5 rings (SSSR count). The number of piperidine rings is 1. The molecule has 0 amide bonds. The molecule has 0 aromatic carbocycles. The van der Waals surface area contributed by atoms with Crippen LogP contribution in [0.5, 0.6) is 0 Å². The first-order chi connectivity index (χ1) is 9.88. The second-order valence-electron chi connectivity index (χ2n) is 5.75. The molecule has 0 atom stereocenters. The number of H-pyrrole nitrogens is 1. The van der Waals surface area contributed by atoms with Gasteiger partial charge in [-0.05, 0) is 24.3 Å². The Bertz CT molecular complexity index is 554. The highest BCUT2D eigenvalue weighted by Crippen LogP contribution is 2.25. The number of aromatic amines is 1. The Morgan fingerprint density at radius 3 is 2.95 bits per heavy atom. The summed E-state index contributed by atoms with van der Waals surface area (Å²) in [5.41, 5.74) is 1.22. The summed E-state index contributed by atoms with van der Waals surface area (Å²) in [6, 6.07) is 4.97. The number of imidazole rings is 1. The number of aromatic nitrogens is 2. The van der Waals surface area contributed by atoms with E-state index in [0.717, 1.165) is 18.9 Å². The van der Waals surface area contributed by atoms with Gasteiger partial charge in [-0.1, -0.05) is 6.07 Å². The van der Waals surface area contributed by atoms with E-state index in [9.17, 15) is 0 Å². The van der Waals surface area contributed by atoms with Crippen LogP contribution in [0.1, 0.15) is 23.4 Å². The smallest absolute Gasteiger partial charge is 0.203 e. The van der Waals surface area contributed by atoms with Gasteiger partial charge in [0.25, 0.3) is 0 Å². The average Bonchev–Trinajstić information content (AvgIpc) is 3.06. The highest BCUT2D eigenvalue weighted by atomic mass is 32.1. The quantitative estimate of drug-likeness (QED) is 0.941. The second kappa shape index (κ2) is 5.22. The van der Waals surface area contributed by atoms with Gasteiger partial charge in [-0.15, -0.1) is 11.3 Å². The van der Waals surface area contributed by atoms with Gasteiger partial charge in [0, 0.05) is 49.2 Å². The van der Waals surface area contributed by atoms with E-state index in [1.165, 1.54) is 43.0 Å². The molecular formula is C15H20N4S. The van der Waals surface area contributed by atoms with Gasteiger partial charge in [-0.2, -0.15) is 0 Å². The minimum absolute atomic E-state index is 0.675. The molecule has 5 heteroatoms. The van der Waals surface area contributed by atoms with Gasteiger partial charge in [-0.25, -0.2) is 4.98 Å². The maximum absolute atomic E-state index is 4.64. The predicted octanol–water partition coefficient (Wildman–Crippen LogP) is 2.35. The summed E-state index contributed by atoms with van der Waals surface area (Å²) >= 11 is 1.81. The number of thiophene rings is 1. The molecule has 0 saturated carbocycles. The first-order valence-electron chi connectivity index (χ1n) is 7.44. The molecule has 2 bridgehead atoms. The van der Waals surface area contributed by atoms with E-state index in [2.05, 4.69) is 37.3 Å². The molecule has 3 aliphatic rings. The van der Waals surface area contributed by atoms with Crippen LogP contribution >= 0.6 is 11.3 Å². The van der Waals surface area contributed by atoms with Crippen molar-refractivity contribution in [3.05, 3.63) is 34.3 Å². The third-order valence-electron chi connectivity index (χ3n) is 4.49. The largest absolute Gasteiger partial charge is 0.338 e. The molecule has 2 aromatic heterocycles. The summed E-state index contributed by atoms with van der Waals surface area (Å²) in [5.74, 6) is 1.07. The van der Waals surface area contributed by atoms with Crippen LogP contribution < -0.4 is 4.90 Å². The molecule has 5 heterocycles. The average molecular weight is 288 g/mol. The fourth-order valence-electron chi connectivity index (χ4n) is 3.35. The van der Waals surface area contributed by atoms with Crippen molar-refractivity contribution in [3.8, 4) is 0 Å². The molecule has 0 unspecified atom stereocenters. The molecule has 3 saturated heterocycles. The number of fused-ring (bicyclic) bond motifs is 4. The van der Waals surface area contributed by atoms with Crippen LogP contribution in [-0.2, 0) is 6.42 Å². The van der Waals surface area contributed by atoms with Crippen LogP contribution in [-0.4, -0.2) is 47.1 Å². The van der Waals surface area contributed by atoms with Gasteiger partial charge in [0.05, 0.1) is 6.20 Å². The molecule has 20 heavy (non-hydrogen) atoms. The molecule has 3 fully saturated rings. The Balaban J connectivity index is 1.52. The van der Waals surface area contributed by atoms with Crippen LogP contribution in [0.4, 0.5) is 5.95 Å². The van der Waals surface area contributed by atoms with Gasteiger partial charge < -0.3 is 14.8 Å². The lowest BCUT2D eigenvalue weighted by Gasteiger charge is -2.31. The number of anilines is 1. The van der Waals surface area contributed by atoms with E-state index in [4.69, 9.17) is 0 Å². The molecule has 3 aliphatic heterocycles. The fourth-order valence-corrected chi connectivity index (χ4v) is 4.08. The van der Waals surface area contributed by atoms with Gasteiger partial charge >= 0.3 is 0 Å². The molecule has 0 aliphatic carbocycles. The second-order valence-corrected chi connectivity index (χ2v) is 6.79. The van der Waals surface area contributed by atoms with Crippen molar-refractivity contribution in [2.75, 3.05) is 31.1 Å². The van der Waals surface area contributed by atoms with E-state index >= 15 is 0 Å². The summed E-state index contributed by atoms with van der Waals surface area (Å²) < 4.78 is 0. The number of hydrogen-bond acceptors (Lipinski definition) is 4. The number of nitrogens with one attached hydrogen (secondary N) is 1. The summed E-state index contributed by atoms with van der Waals surface area (Å²) in [6.07, 6.45) is 5.53. The van der Waals surface area contributed by atoms with Crippen molar-refractivity contribution in [1.82, 2.24) is 14.9 Å². The lowest BCUT2D eigenvalue weighted by molar-refractivity contribution is 0.250. The monoisotopic (exact) mass is 288 g/mol. The van der Waals surface area contributed by atoms with Crippen molar-refractivity contribution >= 4 is 17.3 Å². The highest BCUT2D eigenvalue weighted by Gasteiger charge is 2.30. The normalized spacial score (nSPS) is 25.9. The predicted molar refractivity (Wildman–Crippen MR) is 82.5 cm³/mol. The standard InChI is InChI=1S/C15H20N4S/c1-2-14(20-9-1)10-12-11-16-15(17-12)19-8-7-18-5-3-13(19)4-6-18/h1-2,9,11,13H,3-8,10H2,(H,16,17). The zero-order valence-electron chi connectivity index (χ0n) is 11.6. The highest BCUT2D eigenvalue weighted by molar-refractivity contribution is 7.09. The Labute approximate surface area is 123 Å². The summed E-state index contributed by atoms with van der Waals surface area (Å²) in [5, 5.41) is 2.13. The molecule has 2 aromatic rings. The SMILES string of the molecule is c1csc(Cc2cnc(N3CCN4CCC3CC4)[nH]2)c1. The maximum atomic E-state index is 4.64. The van der Waals surface area contributed by atoms with E-state index in [1.54, 1.807) is 0 Å². The molecule has 0 radical (unpaired) electrons. The van der Waals surface area contributed by atoms with Crippen LogP contribution in [0.2, 0.25) is 0 Å². The first-order valence-corrected chi connectivity index (χ1v) is 8.32. The maximum Gasteiger partial charge on any atom is 0.203 e. The minimum Gasteiger partial charge on any atom is -0.338 e. The zero-order chi connectivity index (χ0) is 13.4. The molecule has 4 nitrogen and oxygen atoms in total. The molecule has 106 valence electrons. The van der Waals surface area contributed by atoms with E-state index in [1.807, 2.05) is 17.5 Å². The molecule has 0 spiro atoms. The topological polar surface area (TPSA) is 35.2 Å². The van der Waals surface area contributed by atoms with Crippen LogP contribution in [0.3, 0.4) is 0 Å². The van der Waals surface area contributed by atoms with Crippen molar-refractivity contribution in [2.24, 2.45) is 0 Å². The minimum atomic E-state index is 0.675. The van der Waals surface area contributed by atoms with Crippen molar-refractivity contribution in [3.63, 3.8) is 0 Å². The summed E-state index contributed by atoms with van der Waals surface area (Å²) in [4.78, 5) is 14.6. The van der Waals surface area contributed by atoms with E-state index < -0.39 is 0 Å². The fraction of sp³-hybridized carbons (Fsp3) is 0.533. The summed E-state index contributed by atoms with van der Waals surface area (Å²) in [6.45, 7) is 4.79. The van der Waals surface area contributed by atoms with E-state index in [0.29, 0.717) is 6.04 Å². The van der Waals surface area contributed by atoms with Gasteiger partial charge in [0.1, 0.15) is 0 Å². The molecule has 1 N–H and O–H groups in total. The number of hydrogen-bond donors (Lipinski definition) is 1. The van der Waals surface area contributed by atoms with Crippen molar-refractivity contribution in [2.45, 2.75) is 25.3 Å². The number of rotatable bonds is 3. The zero-order valence-corrected chi connectivity index (χ0v) is 12.4. The third kappa shape index (κ3) is 2.36. The lowest BCUT2D eigenvalue weighted by atomic mass is 10.1.